The number of nitrogens with two attached hydrogens (primary N) is 2. The molecule has 322 valence electrons. The average molecular weight is 810 g/mol. The number of carbonyl (C=O) groups is 4. The molecule has 12 heteroatoms. The van der Waals surface area contributed by atoms with E-state index in [4.69, 9.17) is 11.5 Å². The van der Waals surface area contributed by atoms with Gasteiger partial charge in [-0.25, -0.2) is 0 Å². The van der Waals surface area contributed by atoms with Crippen LogP contribution in [0, 0.1) is 0 Å². The molecule has 0 bridgehead atoms. The van der Waals surface area contributed by atoms with Crippen molar-refractivity contribution in [2.75, 3.05) is 26.2 Å². The maximum Gasteiger partial charge on any atom is 0.242 e. The van der Waals surface area contributed by atoms with Crippen LogP contribution in [0.4, 0.5) is 0 Å². The summed E-state index contributed by atoms with van der Waals surface area (Å²) in [6.45, 7) is 6.73. The molecule has 0 aliphatic heterocycles. The van der Waals surface area contributed by atoms with Crippen LogP contribution in [-0.4, -0.2) is 61.9 Å². The second-order valence-corrected chi connectivity index (χ2v) is 15.0. The molecule has 0 spiro atoms. The van der Waals surface area contributed by atoms with E-state index < -0.39 is 12.1 Å². The Hall–Kier alpha value is -1.62. The predicted octanol–water partition coefficient (Wildman–Crippen LogP) is 8.69. The number of unbranched alkanes of at least 4 members (excludes halogenated alkanes) is 21. The van der Waals surface area contributed by atoms with E-state index in [0.717, 1.165) is 77.0 Å². The molecule has 0 radical (unpaired) electrons. The molecule has 0 aromatic heterocycles. The Bertz CT molecular complexity index is 803. The molecule has 0 saturated carbocycles. The van der Waals surface area contributed by atoms with E-state index in [1.807, 2.05) is 0 Å². The molecule has 0 rings (SSSR count). The highest BCUT2D eigenvalue weighted by atomic mass is 35.5. The van der Waals surface area contributed by atoms with Crippen molar-refractivity contribution in [2.45, 2.75) is 219 Å². The summed E-state index contributed by atoms with van der Waals surface area (Å²) in [6.07, 6.45) is 30.5. The van der Waals surface area contributed by atoms with Crippen molar-refractivity contribution in [2.24, 2.45) is 11.5 Å². The van der Waals surface area contributed by atoms with Gasteiger partial charge in [0, 0.05) is 25.9 Å². The lowest BCUT2D eigenvalue weighted by molar-refractivity contribution is -0.129. The van der Waals surface area contributed by atoms with E-state index in [1.54, 1.807) is 0 Å². The predicted molar refractivity (Wildman–Crippen MR) is 232 cm³/mol. The van der Waals surface area contributed by atoms with E-state index in [0.29, 0.717) is 51.9 Å². The van der Waals surface area contributed by atoms with Gasteiger partial charge in [-0.3, -0.25) is 19.2 Å². The molecule has 0 saturated heterocycles. The number of carbonyl (C=O) groups excluding carboxylic acids is 4. The van der Waals surface area contributed by atoms with Crippen LogP contribution in [0.1, 0.15) is 206 Å². The van der Waals surface area contributed by atoms with Crippen LogP contribution in [-0.2, 0) is 19.2 Å². The second kappa shape index (κ2) is 44.1. The first-order valence-corrected chi connectivity index (χ1v) is 21.9. The zero-order valence-electron chi connectivity index (χ0n) is 34.8. The first-order valence-electron chi connectivity index (χ1n) is 21.9. The van der Waals surface area contributed by atoms with Gasteiger partial charge in [-0.05, 0) is 77.3 Å². The van der Waals surface area contributed by atoms with E-state index in [-0.39, 0.29) is 48.4 Å². The molecule has 8 N–H and O–H groups in total. The van der Waals surface area contributed by atoms with Crippen molar-refractivity contribution in [3.8, 4) is 0 Å². The third kappa shape index (κ3) is 37.3. The Kier molecular flexibility index (Phi) is 46.3. The lowest BCUT2D eigenvalue weighted by Gasteiger charge is -2.19. The zero-order valence-corrected chi connectivity index (χ0v) is 36.4. The van der Waals surface area contributed by atoms with Crippen LogP contribution in [0.15, 0.2) is 0 Å². The Morgan fingerprint density at radius 2 is 0.704 bits per heavy atom. The van der Waals surface area contributed by atoms with Gasteiger partial charge in [-0.2, -0.15) is 0 Å². The summed E-state index contributed by atoms with van der Waals surface area (Å²) < 4.78 is 0. The fourth-order valence-corrected chi connectivity index (χ4v) is 6.52. The molecule has 0 heterocycles. The number of hydrogen-bond acceptors (Lipinski definition) is 6. The lowest BCUT2D eigenvalue weighted by atomic mass is 10.1. The molecule has 0 fully saturated rings. The second-order valence-electron chi connectivity index (χ2n) is 15.0. The highest BCUT2D eigenvalue weighted by Gasteiger charge is 2.21. The minimum atomic E-state index is -0.517. The molecular weight excluding hydrogens is 723 g/mol. The molecule has 54 heavy (non-hydrogen) atoms. The molecular formula is C42H86Cl2N6O4. The number of hydrogen-bond donors (Lipinski definition) is 6. The monoisotopic (exact) mass is 809 g/mol. The van der Waals surface area contributed by atoms with Gasteiger partial charge in [0.15, 0.2) is 0 Å². The van der Waals surface area contributed by atoms with E-state index >= 15 is 0 Å². The Labute approximate surface area is 344 Å². The van der Waals surface area contributed by atoms with Crippen LogP contribution in [0.3, 0.4) is 0 Å². The third-order valence-electron chi connectivity index (χ3n) is 9.91. The summed E-state index contributed by atoms with van der Waals surface area (Å²) in [6, 6.07) is -1.03. The Morgan fingerprint density at radius 1 is 0.407 bits per heavy atom. The van der Waals surface area contributed by atoms with E-state index in [9.17, 15) is 19.2 Å². The summed E-state index contributed by atoms with van der Waals surface area (Å²) in [4.78, 5) is 51.1. The largest absolute Gasteiger partial charge is 0.354 e. The summed E-state index contributed by atoms with van der Waals surface area (Å²) in [7, 11) is 0. The van der Waals surface area contributed by atoms with Gasteiger partial charge in [0.05, 0.1) is 0 Å². The molecule has 0 aromatic rings. The number of nitrogens with one attached hydrogen (secondary N) is 4. The van der Waals surface area contributed by atoms with Crippen LogP contribution in [0.25, 0.3) is 0 Å². The first kappa shape index (κ1) is 56.7. The normalized spacial score (nSPS) is 11.9. The summed E-state index contributed by atoms with van der Waals surface area (Å²) in [5.74, 6) is -0.328. The number of halogens is 2. The molecule has 0 unspecified atom stereocenters. The third-order valence-corrected chi connectivity index (χ3v) is 9.91. The highest BCUT2D eigenvalue weighted by molar-refractivity contribution is 5.88. The van der Waals surface area contributed by atoms with Crippen molar-refractivity contribution in [1.82, 2.24) is 21.3 Å². The van der Waals surface area contributed by atoms with Gasteiger partial charge in [-0.15, -0.1) is 24.8 Å². The highest BCUT2D eigenvalue weighted by Crippen LogP contribution is 2.12. The zero-order chi connectivity index (χ0) is 38.3. The van der Waals surface area contributed by atoms with Crippen LogP contribution in [0.5, 0.6) is 0 Å². The standard InChI is InChI=1S/C42H84N6O4.2ClH/c1-3-5-7-9-11-13-15-17-21-31-39(49)47-37(29-23-25-33-43)41(51)45-35-27-19-20-28-36-46-42(52)38(30-24-26-34-44)48-40(50)32-22-18-16-14-12-10-8-6-4-2;;/h37-38H,3-36,43-44H2,1-2H3,(H,45,51)(H,46,52)(H,47,49)(H,48,50);2*1H/t37-,38-;;/m0../s1. The molecule has 4 amide bonds. The quantitative estimate of drug-likeness (QED) is 0.0340. The SMILES string of the molecule is CCCCCCCCCCCC(=O)N[C@@H](CCCCN)C(=O)NCCCCCCNC(=O)[C@H](CCCCN)NC(=O)CCCCCCCCCCC.Cl.Cl. The fraction of sp³-hybridized carbons (Fsp3) is 0.905. The van der Waals surface area contributed by atoms with Crippen molar-refractivity contribution in [1.29, 1.82) is 0 Å². The fourth-order valence-electron chi connectivity index (χ4n) is 6.52. The average Bonchev–Trinajstić information content (AvgIpc) is 3.13. The summed E-state index contributed by atoms with van der Waals surface area (Å²) >= 11 is 0. The van der Waals surface area contributed by atoms with Crippen LogP contribution >= 0.6 is 24.8 Å². The van der Waals surface area contributed by atoms with Gasteiger partial charge < -0.3 is 32.7 Å². The molecule has 0 aromatic carbocycles. The minimum Gasteiger partial charge on any atom is -0.354 e. The first-order chi connectivity index (χ1) is 25.4. The van der Waals surface area contributed by atoms with Gasteiger partial charge in [-0.1, -0.05) is 129 Å². The van der Waals surface area contributed by atoms with Gasteiger partial charge >= 0.3 is 0 Å². The van der Waals surface area contributed by atoms with Crippen LogP contribution in [0.2, 0.25) is 0 Å². The minimum absolute atomic E-state index is 0. The number of rotatable bonds is 39. The van der Waals surface area contributed by atoms with E-state index in [1.165, 1.54) is 89.9 Å². The molecule has 2 atom stereocenters. The summed E-state index contributed by atoms with van der Waals surface area (Å²) in [5.41, 5.74) is 11.3. The van der Waals surface area contributed by atoms with Crippen LogP contribution < -0.4 is 32.7 Å². The maximum absolute atomic E-state index is 12.9. The molecule has 0 aliphatic carbocycles. The Morgan fingerprint density at radius 3 is 1.02 bits per heavy atom. The van der Waals surface area contributed by atoms with Crippen molar-refractivity contribution in [3.63, 3.8) is 0 Å². The van der Waals surface area contributed by atoms with E-state index in [2.05, 4.69) is 35.1 Å². The topological polar surface area (TPSA) is 168 Å². The summed E-state index contributed by atoms with van der Waals surface area (Å²) in [5, 5.41) is 12.0. The lowest BCUT2D eigenvalue weighted by Crippen LogP contribution is -2.47. The van der Waals surface area contributed by atoms with Gasteiger partial charge in [0.25, 0.3) is 0 Å². The van der Waals surface area contributed by atoms with Gasteiger partial charge in [0.2, 0.25) is 23.6 Å². The molecule has 0 aliphatic rings. The smallest absolute Gasteiger partial charge is 0.242 e. The number of amides is 4. The van der Waals surface area contributed by atoms with Crippen molar-refractivity contribution >= 4 is 48.4 Å². The van der Waals surface area contributed by atoms with Gasteiger partial charge in [0.1, 0.15) is 12.1 Å². The van der Waals surface area contributed by atoms with Crippen molar-refractivity contribution in [3.05, 3.63) is 0 Å². The molecule has 10 nitrogen and oxygen atoms in total. The van der Waals surface area contributed by atoms with Crippen molar-refractivity contribution < 1.29 is 19.2 Å². The Balaban J connectivity index is -0.0000130. The maximum atomic E-state index is 12.9.